The SMILES string of the molecule is O=[N+]([O-])c1ccc2nc(N[C@@H]3CCNC3)cnc2c1. The second-order valence-electron chi connectivity index (χ2n) is 4.52. The van der Waals surface area contributed by atoms with E-state index in [1.54, 1.807) is 12.3 Å². The van der Waals surface area contributed by atoms with Crippen molar-refractivity contribution in [3.8, 4) is 0 Å². The summed E-state index contributed by atoms with van der Waals surface area (Å²) in [5, 5.41) is 17.2. The molecule has 1 saturated heterocycles. The Morgan fingerprint density at radius 1 is 1.42 bits per heavy atom. The lowest BCUT2D eigenvalue weighted by Gasteiger charge is -2.11. The molecule has 2 N–H and O–H groups in total. The Morgan fingerprint density at radius 3 is 3.05 bits per heavy atom. The summed E-state index contributed by atoms with van der Waals surface area (Å²) in [6.07, 6.45) is 2.67. The zero-order chi connectivity index (χ0) is 13.2. The van der Waals surface area contributed by atoms with E-state index in [1.807, 2.05) is 0 Å². The first-order chi connectivity index (χ1) is 9.22. The van der Waals surface area contributed by atoms with Crippen LogP contribution in [0.3, 0.4) is 0 Å². The number of nitrogens with one attached hydrogen (secondary N) is 2. The van der Waals surface area contributed by atoms with Crippen molar-refractivity contribution in [1.29, 1.82) is 0 Å². The van der Waals surface area contributed by atoms with Crippen LogP contribution in [0.25, 0.3) is 11.0 Å². The van der Waals surface area contributed by atoms with Gasteiger partial charge in [0.15, 0.2) is 0 Å². The van der Waals surface area contributed by atoms with E-state index in [-0.39, 0.29) is 5.69 Å². The topological polar surface area (TPSA) is 93.0 Å². The van der Waals surface area contributed by atoms with Gasteiger partial charge in [0.2, 0.25) is 0 Å². The van der Waals surface area contributed by atoms with Crippen molar-refractivity contribution in [2.75, 3.05) is 18.4 Å². The summed E-state index contributed by atoms with van der Waals surface area (Å²) in [4.78, 5) is 18.9. The number of non-ortho nitro benzene ring substituents is 1. The fourth-order valence-corrected chi connectivity index (χ4v) is 2.17. The molecule has 1 aliphatic rings. The van der Waals surface area contributed by atoms with Crippen molar-refractivity contribution in [1.82, 2.24) is 15.3 Å². The van der Waals surface area contributed by atoms with E-state index in [2.05, 4.69) is 20.6 Å². The third-order valence-corrected chi connectivity index (χ3v) is 3.15. The first-order valence-corrected chi connectivity index (χ1v) is 6.11. The third-order valence-electron chi connectivity index (χ3n) is 3.15. The number of fused-ring (bicyclic) bond motifs is 1. The van der Waals surface area contributed by atoms with Gasteiger partial charge in [-0.3, -0.25) is 15.1 Å². The van der Waals surface area contributed by atoms with E-state index < -0.39 is 4.92 Å². The third kappa shape index (κ3) is 2.45. The maximum Gasteiger partial charge on any atom is 0.271 e. The number of nitro benzene ring substituents is 1. The molecule has 0 bridgehead atoms. The fraction of sp³-hybridized carbons (Fsp3) is 0.333. The summed E-state index contributed by atoms with van der Waals surface area (Å²) >= 11 is 0. The number of benzene rings is 1. The molecule has 2 heterocycles. The maximum atomic E-state index is 10.7. The van der Waals surface area contributed by atoms with E-state index in [0.29, 0.717) is 22.9 Å². The molecular formula is C12H13N5O2. The van der Waals surface area contributed by atoms with Crippen LogP contribution in [-0.2, 0) is 0 Å². The molecule has 0 unspecified atom stereocenters. The van der Waals surface area contributed by atoms with Gasteiger partial charge in [-0.05, 0) is 19.0 Å². The molecular weight excluding hydrogens is 246 g/mol. The van der Waals surface area contributed by atoms with E-state index >= 15 is 0 Å². The van der Waals surface area contributed by atoms with Crippen LogP contribution >= 0.6 is 0 Å². The largest absolute Gasteiger partial charge is 0.365 e. The van der Waals surface area contributed by atoms with Gasteiger partial charge in [0.25, 0.3) is 5.69 Å². The number of nitrogens with zero attached hydrogens (tertiary/aromatic N) is 3. The zero-order valence-corrected chi connectivity index (χ0v) is 10.2. The van der Waals surface area contributed by atoms with Gasteiger partial charge in [-0.15, -0.1) is 0 Å². The molecule has 0 saturated carbocycles. The molecule has 0 radical (unpaired) electrons. The number of nitro groups is 1. The monoisotopic (exact) mass is 259 g/mol. The first kappa shape index (κ1) is 11.8. The number of anilines is 1. The highest BCUT2D eigenvalue weighted by Crippen LogP contribution is 2.19. The van der Waals surface area contributed by atoms with Crippen LogP contribution in [0.2, 0.25) is 0 Å². The maximum absolute atomic E-state index is 10.7. The Labute approximate surface area is 109 Å². The summed E-state index contributed by atoms with van der Waals surface area (Å²) in [7, 11) is 0. The molecule has 1 aromatic heterocycles. The predicted molar refractivity (Wildman–Crippen MR) is 71.1 cm³/mol. The Kier molecular flexibility index (Phi) is 2.96. The lowest BCUT2D eigenvalue weighted by molar-refractivity contribution is -0.384. The van der Waals surface area contributed by atoms with E-state index in [4.69, 9.17) is 0 Å². The molecule has 2 aromatic rings. The first-order valence-electron chi connectivity index (χ1n) is 6.11. The van der Waals surface area contributed by atoms with Crippen molar-refractivity contribution in [2.24, 2.45) is 0 Å². The normalized spacial score (nSPS) is 18.6. The van der Waals surface area contributed by atoms with Gasteiger partial charge in [-0.1, -0.05) is 0 Å². The second kappa shape index (κ2) is 4.77. The second-order valence-corrected chi connectivity index (χ2v) is 4.52. The van der Waals surface area contributed by atoms with Crippen molar-refractivity contribution < 1.29 is 4.92 Å². The minimum Gasteiger partial charge on any atom is -0.365 e. The average molecular weight is 259 g/mol. The molecule has 98 valence electrons. The Balaban J connectivity index is 1.88. The van der Waals surface area contributed by atoms with Crippen LogP contribution in [0.5, 0.6) is 0 Å². The predicted octanol–water partition coefficient (Wildman–Crippen LogP) is 1.31. The molecule has 7 heteroatoms. The Bertz CT molecular complexity index is 625. The molecule has 1 fully saturated rings. The number of aromatic nitrogens is 2. The van der Waals surface area contributed by atoms with Crippen LogP contribution in [0.1, 0.15) is 6.42 Å². The van der Waals surface area contributed by atoms with Crippen LogP contribution < -0.4 is 10.6 Å². The lowest BCUT2D eigenvalue weighted by Crippen LogP contribution is -2.22. The smallest absolute Gasteiger partial charge is 0.271 e. The molecule has 0 aliphatic carbocycles. The summed E-state index contributed by atoms with van der Waals surface area (Å²) in [5.41, 5.74) is 1.22. The highest BCUT2D eigenvalue weighted by Gasteiger charge is 2.15. The number of rotatable bonds is 3. The van der Waals surface area contributed by atoms with Crippen LogP contribution in [0, 0.1) is 10.1 Å². The standard InChI is InChI=1S/C12H13N5O2/c18-17(19)9-1-2-10-11(5-9)14-7-12(16-10)15-8-3-4-13-6-8/h1-2,5,7-8,13H,3-4,6H2,(H,15,16)/t8-/m1/s1. The molecule has 1 aliphatic heterocycles. The van der Waals surface area contributed by atoms with Crippen LogP contribution in [0.4, 0.5) is 11.5 Å². The number of hydrogen-bond acceptors (Lipinski definition) is 6. The van der Waals surface area contributed by atoms with Crippen molar-refractivity contribution in [3.05, 3.63) is 34.5 Å². The quantitative estimate of drug-likeness (QED) is 0.637. The summed E-state index contributed by atoms with van der Waals surface area (Å²) in [6, 6.07) is 4.87. The Morgan fingerprint density at radius 2 is 2.32 bits per heavy atom. The minimum atomic E-state index is -0.433. The van der Waals surface area contributed by atoms with E-state index in [0.717, 1.165) is 19.5 Å². The summed E-state index contributed by atoms with van der Waals surface area (Å²) < 4.78 is 0. The highest BCUT2D eigenvalue weighted by molar-refractivity contribution is 5.78. The minimum absolute atomic E-state index is 0.0301. The van der Waals surface area contributed by atoms with Crippen LogP contribution in [0.15, 0.2) is 24.4 Å². The molecule has 19 heavy (non-hydrogen) atoms. The van der Waals surface area contributed by atoms with Gasteiger partial charge in [0, 0.05) is 24.7 Å². The van der Waals surface area contributed by atoms with Crippen molar-refractivity contribution in [2.45, 2.75) is 12.5 Å². The van der Waals surface area contributed by atoms with Gasteiger partial charge in [-0.2, -0.15) is 0 Å². The van der Waals surface area contributed by atoms with Crippen molar-refractivity contribution in [3.63, 3.8) is 0 Å². The molecule has 0 amide bonds. The lowest BCUT2D eigenvalue weighted by atomic mass is 10.2. The van der Waals surface area contributed by atoms with Gasteiger partial charge in [0.05, 0.1) is 22.2 Å². The molecule has 3 rings (SSSR count). The Hall–Kier alpha value is -2.28. The fourth-order valence-electron chi connectivity index (χ4n) is 2.17. The van der Waals surface area contributed by atoms with Crippen LogP contribution in [-0.4, -0.2) is 34.0 Å². The highest BCUT2D eigenvalue weighted by atomic mass is 16.6. The summed E-state index contributed by atoms with van der Waals surface area (Å²) in [5.74, 6) is 0.704. The summed E-state index contributed by atoms with van der Waals surface area (Å²) in [6.45, 7) is 1.92. The molecule has 7 nitrogen and oxygen atoms in total. The van der Waals surface area contributed by atoms with Gasteiger partial charge >= 0.3 is 0 Å². The number of hydrogen-bond donors (Lipinski definition) is 2. The molecule has 0 spiro atoms. The van der Waals surface area contributed by atoms with E-state index in [9.17, 15) is 10.1 Å². The molecule has 1 atom stereocenters. The van der Waals surface area contributed by atoms with Gasteiger partial charge < -0.3 is 10.6 Å². The average Bonchev–Trinajstić information content (AvgIpc) is 2.91. The van der Waals surface area contributed by atoms with Gasteiger partial charge in [0.1, 0.15) is 5.82 Å². The molecule has 1 aromatic carbocycles. The zero-order valence-electron chi connectivity index (χ0n) is 10.2. The van der Waals surface area contributed by atoms with Gasteiger partial charge in [-0.25, -0.2) is 4.98 Å². The van der Waals surface area contributed by atoms with Crippen molar-refractivity contribution >= 4 is 22.5 Å². The van der Waals surface area contributed by atoms with E-state index in [1.165, 1.54) is 12.1 Å².